The lowest BCUT2D eigenvalue weighted by Gasteiger charge is -2.59. The number of carbonyl (C=O) groups is 9. The van der Waals surface area contributed by atoms with E-state index in [2.05, 4.69) is 55.4 Å². The lowest BCUT2D eigenvalue weighted by molar-refractivity contribution is -0.142. The van der Waals surface area contributed by atoms with E-state index in [4.69, 9.17) is 0 Å². The Balaban J connectivity index is 0.000000106. The summed E-state index contributed by atoms with van der Waals surface area (Å²) in [5, 5.41) is 155. The van der Waals surface area contributed by atoms with E-state index in [1.165, 1.54) is 41.0 Å². The van der Waals surface area contributed by atoms with Gasteiger partial charge in [-0.05, 0) is 403 Å². The summed E-state index contributed by atoms with van der Waals surface area (Å²) in [4.78, 5) is 108. The smallest absolute Gasteiger partial charge is 0.219 e. The van der Waals surface area contributed by atoms with Gasteiger partial charge in [0.2, 0.25) is 11.6 Å². The SMILES string of the molecule is C[C@]12C=C(O)C(=O)C=C1[C@H](O)CC1[C@@H]2CC[C@]2(C)C(=O)CC[C@@H]12.C[C@]12CC[C@H]3[C@@H](CCC4=CC(=O)[C@@H](O)C[C@@]43C)[C@@H]1CC[C@@H]2O.C[C@]12CC[C@H]3[C@@H](CCC4=CC(=O)[C@@H](O)C[C@@]43C)[C@@H]1[C@H](O)C[C@@H]2O.C[C@]12C[C@@H](O)[C@H]3[C@@H](C[C@@H](O)C4=CC(=O)C(O)=C[C@@]43C)[C@@H]1CC[C@@H]2O.C[C@]12C[C@H](O)C(=O)C=C1CC[C@@H]1[C@@H]2CC[C@]2(C)C(=O)[C@@H](O)C[C@@H]12.C[C@]12C[C@H](O)C(=O)C=C1[C@H](O)C[C@@H]1[C@@H]2CC[C@]2(C)C(=O)CC[C@@H]12. The van der Waals surface area contributed by atoms with E-state index in [-0.39, 0.29) is 142 Å². The molecule has 0 radical (unpaired) electrons. The number of fused-ring (bicyclic) bond motifs is 30. The highest BCUT2D eigenvalue weighted by Gasteiger charge is 2.70. The first-order valence-corrected chi connectivity index (χ1v) is 53.5. The number of carbonyl (C=O) groups excluding carboxylic acids is 9. The average Bonchev–Trinajstić information content (AvgIpc) is 1.36. The first kappa shape index (κ1) is 101. The number of aliphatic hydroxyl groups excluding tert-OH is 15. The molecule has 1 unspecified atom stereocenters. The molecule has 24 heteroatoms. The summed E-state index contributed by atoms with van der Waals surface area (Å²) in [6.45, 7) is 25.4. The Morgan fingerprint density at radius 1 is 0.254 bits per heavy atom. The third-order valence-corrected chi connectivity index (χ3v) is 46.3. The van der Waals surface area contributed by atoms with Crippen LogP contribution in [0.4, 0.5) is 0 Å². The second kappa shape index (κ2) is 34.9. The predicted octanol–water partition coefficient (Wildman–Crippen LogP) is 12.9. The van der Waals surface area contributed by atoms with Crippen LogP contribution < -0.4 is 0 Å². The van der Waals surface area contributed by atoms with E-state index in [0.717, 1.165) is 152 Å². The summed E-state index contributed by atoms with van der Waals surface area (Å²) in [6.07, 6.45) is 32.0. The quantitative estimate of drug-likeness (QED) is 0.107. The first-order valence-electron chi connectivity index (χ1n) is 53.5. The highest BCUT2D eigenvalue weighted by molar-refractivity contribution is 6.05. The molecule has 24 rings (SSSR count). The normalized spacial score (nSPS) is 52.9. The molecule has 758 valence electrons. The number of rotatable bonds is 0. The van der Waals surface area contributed by atoms with Crippen molar-refractivity contribution in [1.82, 2.24) is 0 Å². The molecule has 0 amide bonds. The van der Waals surface area contributed by atoms with Gasteiger partial charge in [0.1, 0.15) is 42.1 Å². The Labute approximate surface area is 813 Å². The lowest BCUT2D eigenvalue weighted by atomic mass is 9.47. The van der Waals surface area contributed by atoms with Crippen LogP contribution in [0.3, 0.4) is 0 Å². The molecular weight excluding hydrogens is 1750 g/mol. The fourth-order valence-electron chi connectivity index (χ4n) is 38.6. The van der Waals surface area contributed by atoms with Gasteiger partial charge in [-0.3, -0.25) is 43.2 Å². The van der Waals surface area contributed by atoms with Crippen LogP contribution in [-0.2, 0) is 43.2 Å². The van der Waals surface area contributed by atoms with Crippen LogP contribution in [0, 0.1) is 172 Å². The average molecular weight is 1910 g/mol. The van der Waals surface area contributed by atoms with E-state index in [9.17, 15) is 120 Å². The van der Waals surface area contributed by atoms with Crippen LogP contribution in [0.1, 0.15) is 301 Å². The van der Waals surface area contributed by atoms with Crippen LogP contribution >= 0.6 is 0 Å². The number of aliphatic hydroxyl groups is 15. The van der Waals surface area contributed by atoms with E-state index >= 15 is 0 Å². The highest BCUT2D eigenvalue weighted by atomic mass is 16.3. The second-order valence-electron chi connectivity index (χ2n) is 52.1. The van der Waals surface area contributed by atoms with Crippen molar-refractivity contribution in [2.75, 3.05) is 0 Å². The van der Waals surface area contributed by atoms with Gasteiger partial charge in [0.15, 0.2) is 40.4 Å². The van der Waals surface area contributed by atoms with Crippen molar-refractivity contribution in [2.45, 2.75) is 381 Å². The third-order valence-electron chi connectivity index (χ3n) is 46.3. The zero-order chi connectivity index (χ0) is 99.4. The zero-order valence-electron chi connectivity index (χ0n) is 83.4. The first-order chi connectivity index (χ1) is 64.6. The summed E-state index contributed by atoms with van der Waals surface area (Å²) in [5.41, 5.74) is 2.81. The fraction of sp³-hybridized carbons (Fsp3) is 0.781. The molecule has 0 aliphatic heterocycles. The van der Waals surface area contributed by atoms with Gasteiger partial charge < -0.3 is 76.6 Å². The Kier molecular flexibility index (Phi) is 25.5. The molecular formula is C114H158O24. The van der Waals surface area contributed by atoms with Crippen molar-refractivity contribution in [3.05, 3.63) is 93.6 Å². The topological polar surface area (TPSA) is 457 Å². The molecule has 24 nitrogen and oxygen atoms in total. The van der Waals surface area contributed by atoms with Gasteiger partial charge in [0.25, 0.3) is 0 Å². The van der Waals surface area contributed by atoms with E-state index < -0.39 is 95.6 Å². The Hall–Kier alpha value is -5.97. The monoisotopic (exact) mass is 1910 g/mol. The van der Waals surface area contributed by atoms with Crippen molar-refractivity contribution in [3.63, 3.8) is 0 Å². The molecule has 0 aromatic rings. The van der Waals surface area contributed by atoms with Gasteiger partial charge in [0, 0.05) is 52.3 Å². The molecule has 0 heterocycles. The van der Waals surface area contributed by atoms with Crippen molar-refractivity contribution < 1.29 is 120 Å². The minimum Gasteiger partial charge on any atom is -0.504 e. The summed E-state index contributed by atoms with van der Waals surface area (Å²) in [7, 11) is 0. The molecule has 0 aromatic carbocycles. The van der Waals surface area contributed by atoms with E-state index in [1.807, 2.05) is 27.7 Å². The van der Waals surface area contributed by atoms with Gasteiger partial charge >= 0.3 is 0 Å². The standard InChI is InChI=1S/C19H26O5.C19H26O4.C19H24O4.C19H26O4.C19H28O4.C19H28O3/c1-18-8-15(23)17-9(10(18)3-4-16(18)24)5-12(20)11-6-13(21)14(22)7-19(11,17)2;2*1-18-6-5-12-10(11(18)3-4-17(18)23)7-14(20)13-8-15(21)16(22)9-19(12,13)2;1-18-6-5-12-11(13(18)8-15(21)17(18)23)4-3-10-7-14(20)16(22)9-19(10,12)2;1-18-6-5-12-11(17(18)14(21)8-16(18)23)4-3-10-7-13(20)15(22)9-19(10,12)2;1-18-8-7-14-12(13(18)5-6-17(18)22)4-3-11-9-15(20)16(21)10-19(11,14)2/h6-7,9-10,12,15-17,20,22-24H,3-5,8H2,1-2H3;8,10-12,14,16,20,22H,3-7,9H2,1-2H3;8-12,14,20,22H,3-7H2,1-2H3;7,11-13,15-16,21-22H,3-6,8-9H2,1-2H3;7,11-12,14-17,21-23H,3-6,8-9H2,1-2H3;9,12-14,16-17,21-22H,3-8,10H2,1-2H3/t9-,10-,12+,15+,16-,17+,18-,19-;10-,11-,12-,14+,16-,18-,19+;10?,11-,12-,14+,18-,19+;11-,12+,13+,15+,16+,18+,19+;11-,12+,14-,15+,16+,17-,18-,19+;12-,13-,14-,16-,17-,18-,19-/m000110/s1. The molecule has 15 N–H and O–H groups in total. The molecule has 18 saturated carbocycles. The molecule has 0 bridgehead atoms. The van der Waals surface area contributed by atoms with Crippen LogP contribution in [0.5, 0.6) is 0 Å². The van der Waals surface area contributed by atoms with Gasteiger partial charge in [-0.25, -0.2) is 0 Å². The van der Waals surface area contributed by atoms with Crippen molar-refractivity contribution in [1.29, 1.82) is 0 Å². The van der Waals surface area contributed by atoms with Crippen LogP contribution in [0.15, 0.2) is 93.6 Å². The fourth-order valence-corrected chi connectivity index (χ4v) is 38.6. The predicted molar refractivity (Wildman–Crippen MR) is 510 cm³/mol. The molecule has 0 spiro atoms. The number of hydrogen-bond donors (Lipinski definition) is 15. The molecule has 0 saturated heterocycles. The minimum absolute atomic E-state index is 0.00881. The number of ketones is 9. The van der Waals surface area contributed by atoms with Crippen molar-refractivity contribution in [2.24, 2.45) is 172 Å². The third kappa shape index (κ3) is 15.1. The number of Topliss-reactive ketones (excluding diaryl/α,β-unsaturated/α-hetero) is 3. The molecule has 138 heavy (non-hydrogen) atoms. The minimum atomic E-state index is -0.951. The summed E-state index contributed by atoms with van der Waals surface area (Å²) in [5.74, 6) is 4.56. The maximum atomic E-state index is 12.4. The van der Waals surface area contributed by atoms with Crippen LogP contribution in [0.25, 0.3) is 0 Å². The molecule has 24 aliphatic rings. The van der Waals surface area contributed by atoms with Crippen LogP contribution in [-0.4, -0.2) is 208 Å². The number of allylic oxidation sites excluding steroid dienone is 7. The van der Waals surface area contributed by atoms with E-state index in [0.29, 0.717) is 159 Å². The van der Waals surface area contributed by atoms with Gasteiger partial charge in [0.05, 0.1) is 48.8 Å². The summed E-state index contributed by atoms with van der Waals surface area (Å²) < 4.78 is 0. The molecule has 24 aliphatic carbocycles. The largest absolute Gasteiger partial charge is 0.504 e. The van der Waals surface area contributed by atoms with Gasteiger partial charge in [-0.15, -0.1) is 0 Å². The molecule has 0 aromatic heterocycles. The van der Waals surface area contributed by atoms with E-state index in [1.54, 1.807) is 24.3 Å². The molecule has 18 fully saturated rings. The summed E-state index contributed by atoms with van der Waals surface area (Å²) in [6, 6.07) is 0. The van der Waals surface area contributed by atoms with Gasteiger partial charge in [-0.2, -0.15) is 0 Å². The Morgan fingerprint density at radius 2 is 0.630 bits per heavy atom. The highest BCUT2D eigenvalue weighted by Crippen LogP contribution is 2.73. The Morgan fingerprint density at radius 3 is 1.14 bits per heavy atom. The Bertz CT molecular complexity index is 5260. The second-order valence-corrected chi connectivity index (χ2v) is 52.1. The van der Waals surface area contributed by atoms with Gasteiger partial charge in [-0.1, -0.05) is 99.8 Å². The zero-order valence-corrected chi connectivity index (χ0v) is 83.4. The molecule has 43 atom stereocenters. The van der Waals surface area contributed by atoms with Crippen molar-refractivity contribution in [3.8, 4) is 0 Å². The number of hydrogen-bond acceptors (Lipinski definition) is 24. The summed E-state index contributed by atoms with van der Waals surface area (Å²) >= 11 is 0. The maximum absolute atomic E-state index is 12.4. The van der Waals surface area contributed by atoms with Crippen molar-refractivity contribution >= 4 is 52.0 Å². The maximum Gasteiger partial charge on any atom is 0.219 e. The lowest BCUT2D eigenvalue weighted by Crippen LogP contribution is -2.59. The van der Waals surface area contributed by atoms with Crippen LogP contribution in [0.2, 0.25) is 0 Å².